The van der Waals surface area contributed by atoms with E-state index in [1.165, 1.54) is 0 Å². The van der Waals surface area contributed by atoms with Crippen LogP contribution in [0.25, 0.3) is 0 Å². The fraction of sp³-hybridized carbons (Fsp3) is 0.143. The number of hydrogen-bond donors (Lipinski definition) is 1. The number of carbonyl (C=O) groups excluding carboxylic acids is 1. The summed E-state index contributed by atoms with van der Waals surface area (Å²) in [6, 6.07) is 0.946. The first-order chi connectivity index (χ1) is 6.04. The molecule has 1 rings (SSSR count). The summed E-state index contributed by atoms with van der Waals surface area (Å²) in [5.74, 6) is 0. The predicted octanol–water partition coefficient (Wildman–Crippen LogP) is 1.69. The van der Waals surface area contributed by atoms with E-state index in [1.807, 2.05) is 0 Å². The molecule has 0 radical (unpaired) electrons. The van der Waals surface area contributed by atoms with Crippen molar-refractivity contribution in [3.63, 3.8) is 0 Å². The minimum Gasteiger partial charge on any atom is -0.328 e. The van der Waals surface area contributed by atoms with Gasteiger partial charge >= 0.3 is 0 Å². The van der Waals surface area contributed by atoms with Crippen LogP contribution in [0.15, 0.2) is 17.1 Å². The third-order valence-electron chi connectivity index (χ3n) is 1.42. The maximum Gasteiger partial charge on any atom is 0.264 e. The average Bonchev–Trinajstić information content (AvgIpc) is 2.02. The standard InChI is InChI=1S/C7H4ClF2NO2/c8-5(12)4-3(6(9)10)1-2-11-7(4)13/h1-2,6H,(H,11,13). The molecule has 0 atom stereocenters. The Morgan fingerprint density at radius 1 is 1.54 bits per heavy atom. The van der Waals surface area contributed by atoms with Crippen molar-refractivity contribution in [1.29, 1.82) is 0 Å². The smallest absolute Gasteiger partial charge is 0.264 e. The first-order valence-electron chi connectivity index (χ1n) is 3.23. The molecule has 0 aliphatic heterocycles. The number of alkyl halides is 2. The summed E-state index contributed by atoms with van der Waals surface area (Å²) in [4.78, 5) is 23.6. The zero-order valence-electron chi connectivity index (χ0n) is 6.18. The largest absolute Gasteiger partial charge is 0.328 e. The van der Waals surface area contributed by atoms with Gasteiger partial charge in [-0.1, -0.05) is 0 Å². The zero-order chi connectivity index (χ0) is 10.0. The van der Waals surface area contributed by atoms with Gasteiger partial charge in [0, 0.05) is 11.8 Å². The summed E-state index contributed by atoms with van der Waals surface area (Å²) in [6.45, 7) is 0. The lowest BCUT2D eigenvalue weighted by Gasteiger charge is -2.01. The molecule has 0 amide bonds. The highest BCUT2D eigenvalue weighted by Crippen LogP contribution is 2.20. The number of aromatic nitrogens is 1. The number of carbonyl (C=O) groups is 1. The molecule has 3 nitrogen and oxygen atoms in total. The first kappa shape index (κ1) is 9.85. The van der Waals surface area contributed by atoms with E-state index in [2.05, 4.69) is 4.98 Å². The Morgan fingerprint density at radius 2 is 2.15 bits per heavy atom. The molecule has 1 heterocycles. The lowest BCUT2D eigenvalue weighted by atomic mass is 10.1. The third kappa shape index (κ3) is 1.92. The molecule has 0 aromatic carbocycles. The Labute approximate surface area is 76.3 Å². The van der Waals surface area contributed by atoms with Gasteiger partial charge in [-0.2, -0.15) is 0 Å². The van der Waals surface area contributed by atoms with Crippen LogP contribution in [0.2, 0.25) is 0 Å². The Bertz CT molecular complexity index is 388. The van der Waals surface area contributed by atoms with Crippen molar-refractivity contribution in [2.75, 3.05) is 0 Å². The summed E-state index contributed by atoms with van der Waals surface area (Å²) < 4.78 is 24.4. The zero-order valence-corrected chi connectivity index (χ0v) is 6.94. The van der Waals surface area contributed by atoms with Gasteiger partial charge < -0.3 is 4.98 Å². The number of hydrogen-bond acceptors (Lipinski definition) is 2. The number of rotatable bonds is 2. The van der Waals surface area contributed by atoms with E-state index >= 15 is 0 Å². The maximum atomic E-state index is 12.2. The number of aromatic amines is 1. The van der Waals surface area contributed by atoms with Crippen molar-refractivity contribution in [2.45, 2.75) is 6.43 Å². The van der Waals surface area contributed by atoms with E-state index in [4.69, 9.17) is 11.6 Å². The molecule has 0 saturated heterocycles. The quantitative estimate of drug-likeness (QED) is 0.751. The van der Waals surface area contributed by atoms with E-state index in [9.17, 15) is 18.4 Å². The summed E-state index contributed by atoms with van der Waals surface area (Å²) in [5, 5.41) is -1.18. The summed E-state index contributed by atoms with van der Waals surface area (Å²) in [5.41, 5.74) is -2.25. The van der Waals surface area contributed by atoms with Crippen LogP contribution < -0.4 is 5.56 Å². The predicted molar refractivity (Wildman–Crippen MR) is 42.2 cm³/mol. The van der Waals surface area contributed by atoms with Crippen molar-refractivity contribution < 1.29 is 13.6 Å². The van der Waals surface area contributed by atoms with Crippen molar-refractivity contribution in [3.05, 3.63) is 33.7 Å². The number of H-pyrrole nitrogens is 1. The maximum absolute atomic E-state index is 12.2. The molecule has 70 valence electrons. The highest BCUT2D eigenvalue weighted by atomic mass is 35.5. The normalized spacial score (nSPS) is 10.5. The molecule has 1 N–H and O–H groups in total. The molecular weight excluding hydrogens is 204 g/mol. The average molecular weight is 208 g/mol. The van der Waals surface area contributed by atoms with Crippen molar-refractivity contribution in [3.8, 4) is 0 Å². The van der Waals surface area contributed by atoms with Crippen molar-refractivity contribution in [2.24, 2.45) is 0 Å². The van der Waals surface area contributed by atoms with Gasteiger partial charge in [0.05, 0.1) is 0 Å². The highest BCUT2D eigenvalue weighted by molar-refractivity contribution is 6.67. The number of nitrogens with one attached hydrogen (secondary N) is 1. The Hall–Kier alpha value is -1.23. The molecule has 0 unspecified atom stereocenters. The van der Waals surface area contributed by atoms with E-state index in [1.54, 1.807) is 0 Å². The summed E-state index contributed by atoms with van der Waals surface area (Å²) >= 11 is 4.97. The molecule has 0 aliphatic rings. The van der Waals surface area contributed by atoms with Crippen LogP contribution >= 0.6 is 11.6 Å². The first-order valence-corrected chi connectivity index (χ1v) is 3.61. The van der Waals surface area contributed by atoms with Crippen LogP contribution in [0.4, 0.5) is 8.78 Å². The van der Waals surface area contributed by atoms with E-state index in [-0.39, 0.29) is 0 Å². The van der Waals surface area contributed by atoms with Crippen LogP contribution in [0.5, 0.6) is 0 Å². The molecule has 13 heavy (non-hydrogen) atoms. The Morgan fingerprint density at radius 3 is 2.54 bits per heavy atom. The molecule has 6 heteroatoms. The second-order valence-corrected chi connectivity index (χ2v) is 2.55. The van der Waals surface area contributed by atoms with Gasteiger partial charge in [-0.05, 0) is 17.7 Å². The van der Waals surface area contributed by atoms with Crippen LogP contribution in [0.1, 0.15) is 22.3 Å². The minimum atomic E-state index is -2.89. The lowest BCUT2D eigenvalue weighted by Crippen LogP contribution is -2.17. The highest BCUT2D eigenvalue weighted by Gasteiger charge is 2.19. The number of halogens is 3. The van der Waals surface area contributed by atoms with Gasteiger partial charge in [0.2, 0.25) is 0 Å². The Kier molecular flexibility index (Phi) is 2.77. The SMILES string of the molecule is O=C(Cl)c1c(C(F)F)cc[nH]c1=O. The van der Waals surface area contributed by atoms with E-state index in [0.29, 0.717) is 0 Å². The van der Waals surface area contributed by atoms with Gasteiger partial charge in [0.25, 0.3) is 17.2 Å². The molecule has 0 fully saturated rings. The van der Waals surface area contributed by atoms with Crippen molar-refractivity contribution >= 4 is 16.8 Å². The van der Waals surface area contributed by atoms with Crippen LogP contribution in [0, 0.1) is 0 Å². The molecule has 0 saturated carbocycles. The van der Waals surface area contributed by atoms with E-state index in [0.717, 1.165) is 12.3 Å². The lowest BCUT2D eigenvalue weighted by molar-refractivity contribution is 0.106. The fourth-order valence-corrected chi connectivity index (χ4v) is 1.07. The molecule has 0 aliphatic carbocycles. The molecule has 1 aromatic heterocycles. The van der Waals surface area contributed by atoms with E-state index < -0.39 is 28.4 Å². The minimum absolute atomic E-state index is 0.649. The molecule has 1 aromatic rings. The Balaban J connectivity index is 3.43. The van der Waals surface area contributed by atoms with Crippen LogP contribution in [-0.4, -0.2) is 10.2 Å². The van der Waals surface area contributed by atoms with Gasteiger partial charge in [-0.15, -0.1) is 0 Å². The second kappa shape index (κ2) is 3.66. The fourth-order valence-electron chi connectivity index (χ4n) is 0.878. The van der Waals surface area contributed by atoms with Gasteiger partial charge in [-0.3, -0.25) is 9.59 Å². The van der Waals surface area contributed by atoms with Crippen molar-refractivity contribution in [1.82, 2.24) is 4.98 Å². The van der Waals surface area contributed by atoms with Gasteiger partial charge in [0.15, 0.2) is 0 Å². The molecule has 0 spiro atoms. The molecular formula is C7H4ClF2NO2. The summed E-state index contributed by atoms with van der Waals surface area (Å²) in [7, 11) is 0. The van der Waals surface area contributed by atoms with Crippen LogP contribution in [-0.2, 0) is 0 Å². The number of pyridine rings is 1. The topological polar surface area (TPSA) is 49.9 Å². The van der Waals surface area contributed by atoms with Crippen LogP contribution in [0.3, 0.4) is 0 Å². The van der Waals surface area contributed by atoms with Gasteiger partial charge in [-0.25, -0.2) is 8.78 Å². The summed E-state index contributed by atoms with van der Waals surface area (Å²) in [6.07, 6.45) is -1.85. The monoisotopic (exact) mass is 207 g/mol. The van der Waals surface area contributed by atoms with Gasteiger partial charge in [0.1, 0.15) is 5.56 Å². The third-order valence-corrected chi connectivity index (χ3v) is 1.61. The molecule has 0 bridgehead atoms. The second-order valence-electron chi connectivity index (χ2n) is 2.21.